The summed E-state index contributed by atoms with van der Waals surface area (Å²) in [6, 6.07) is 16.5. The van der Waals surface area contributed by atoms with E-state index in [1.54, 1.807) is 22.7 Å². The molecule has 1 N–H and O–H groups in total. The standard InChI is InChI=1S/C8H9N.2C4H4S/c1-2-4-8-7(3-1)5-6-9-8;2*1-2-4-5-3-1/h1-4,9H,5-6H2;2*1-4H. The first kappa shape index (κ1) is 13.8. The lowest BCUT2D eigenvalue weighted by Crippen LogP contribution is -1.90. The lowest BCUT2D eigenvalue weighted by atomic mass is 10.2. The highest BCUT2D eigenvalue weighted by molar-refractivity contribution is 7.08. The highest BCUT2D eigenvalue weighted by atomic mass is 32.1. The highest BCUT2D eigenvalue weighted by Gasteiger charge is 2.05. The zero-order chi connectivity index (χ0) is 13.2. The van der Waals surface area contributed by atoms with Crippen molar-refractivity contribution in [2.75, 3.05) is 11.9 Å². The Morgan fingerprint density at radius 1 is 0.737 bits per heavy atom. The van der Waals surface area contributed by atoms with Crippen molar-refractivity contribution in [3.63, 3.8) is 0 Å². The highest BCUT2D eigenvalue weighted by Crippen LogP contribution is 2.19. The molecule has 0 radical (unpaired) electrons. The molecular weight excluding hydrogens is 270 g/mol. The fourth-order valence-corrected chi connectivity index (χ4v) is 2.60. The van der Waals surface area contributed by atoms with Crippen LogP contribution in [-0.4, -0.2) is 6.54 Å². The van der Waals surface area contributed by atoms with Crippen LogP contribution in [0.15, 0.2) is 70.1 Å². The van der Waals surface area contributed by atoms with Crippen LogP contribution in [-0.2, 0) is 6.42 Å². The average Bonchev–Trinajstić information content (AvgIpc) is 3.22. The third-order valence-electron chi connectivity index (χ3n) is 2.58. The van der Waals surface area contributed by atoms with Gasteiger partial charge in [-0.25, -0.2) is 0 Å². The maximum absolute atomic E-state index is 3.30. The van der Waals surface area contributed by atoms with Crippen LogP contribution in [0.1, 0.15) is 5.56 Å². The van der Waals surface area contributed by atoms with E-state index >= 15 is 0 Å². The van der Waals surface area contributed by atoms with Gasteiger partial charge in [0.15, 0.2) is 0 Å². The van der Waals surface area contributed by atoms with E-state index in [0.29, 0.717) is 0 Å². The molecule has 19 heavy (non-hydrogen) atoms. The van der Waals surface area contributed by atoms with Gasteiger partial charge in [0.25, 0.3) is 0 Å². The van der Waals surface area contributed by atoms with E-state index in [0.717, 1.165) is 6.54 Å². The molecule has 0 saturated heterocycles. The maximum Gasteiger partial charge on any atom is 0.0373 e. The van der Waals surface area contributed by atoms with Crippen molar-refractivity contribution in [1.29, 1.82) is 0 Å². The summed E-state index contributed by atoms with van der Waals surface area (Å²) < 4.78 is 0. The van der Waals surface area contributed by atoms with Gasteiger partial charge >= 0.3 is 0 Å². The summed E-state index contributed by atoms with van der Waals surface area (Å²) in [5, 5.41) is 11.5. The van der Waals surface area contributed by atoms with E-state index in [2.05, 4.69) is 29.6 Å². The molecular formula is C16H17NS2. The van der Waals surface area contributed by atoms with Gasteiger partial charge in [-0.05, 0) is 39.6 Å². The van der Waals surface area contributed by atoms with Gasteiger partial charge in [0.2, 0.25) is 0 Å². The largest absolute Gasteiger partial charge is 0.384 e. The van der Waals surface area contributed by atoms with Gasteiger partial charge in [-0.15, -0.1) is 0 Å². The van der Waals surface area contributed by atoms with Gasteiger partial charge in [0, 0.05) is 12.2 Å². The number of thiophene rings is 2. The quantitative estimate of drug-likeness (QED) is 0.603. The number of hydrogen-bond donors (Lipinski definition) is 1. The number of anilines is 1. The summed E-state index contributed by atoms with van der Waals surface area (Å²) >= 11 is 3.43. The molecule has 1 nitrogen and oxygen atoms in total. The van der Waals surface area contributed by atoms with Crippen molar-refractivity contribution in [2.45, 2.75) is 6.42 Å². The Bertz CT molecular complexity index is 446. The van der Waals surface area contributed by atoms with Crippen LogP contribution in [0.25, 0.3) is 0 Å². The fourth-order valence-electron chi connectivity index (χ4n) is 1.70. The minimum atomic E-state index is 1.11. The summed E-state index contributed by atoms with van der Waals surface area (Å²) in [4.78, 5) is 0. The molecule has 98 valence electrons. The summed E-state index contributed by atoms with van der Waals surface area (Å²) in [6.07, 6.45) is 1.19. The smallest absolute Gasteiger partial charge is 0.0373 e. The van der Waals surface area contributed by atoms with E-state index in [9.17, 15) is 0 Å². The first-order valence-corrected chi connectivity index (χ1v) is 8.11. The van der Waals surface area contributed by atoms with E-state index in [1.807, 2.05) is 45.8 Å². The lowest BCUT2D eigenvalue weighted by Gasteiger charge is -1.94. The lowest BCUT2D eigenvalue weighted by molar-refractivity contribution is 1.11. The van der Waals surface area contributed by atoms with Crippen LogP contribution >= 0.6 is 22.7 Å². The number of rotatable bonds is 0. The number of fused-ring (bicyclic) bond motifs is 1. The average molecular weight is 287 g/mol. The predicted molar refractivity (Wildman–Crippen MR) is 87.3 cm³/mol. The summed E-state index contributed by atoms with van der Waals surface area (Å²) in [7, 11) is 0. The van der Waals surface area contributed by atoms with Gasteiger partial charge in [-0.2, -0.15) is 22.7 Å². The number of para-hydroxylation sites is 1. The molecule has 0 unspecified atom stereocenters. The van der Waals surface area contributed by atoms with Gasteiger partial charge < -0.3 is 5.32 Å². The van der Waals surface area contributed by atoms with Crippen LogP contribution in [0.5, 0.6) is 0 Å². The fraction of sp³-hybridized carbons (Fsp3) is 0.125. The molecule has 3 heteroatoms. The topological polar surface area (TPSA) is 12.0 Å². The first-order chi connectivity index (χ1) is 9.47. The van der Waals surface area contributed by atoms with Crippen LogP contribution in [0.2, 0.25) is 0 Å². The monoisotopic (exact) mass is 287 g/mol. The second kappa shape index (κ2) is 8.51. The molecule has 0 saturated carbocycles. The van der Waals surface area contributed by atoms with Crippen molar-refractivity contribution in [3.8, 4) is 0 Å². The molecule has 0 amide bonds. The van der Waals surface area contributed by atoms with Crippen LogP contribution < -0.4 is 5.32 Å². The SMILES string of the molecule is c1ccc2c(c1)CCN2.c1ccsc1.c1ccsc1. The Morgan fingerprint density at radius 2 is 1.32 bits per heavy atom. The van der Waals surface area contributed by atoms with E-state index in [-0.39, 0.29) is 0 Å². The molecule has 0 bridgehead atoms. The van der Waals surface area contributed by atoms with Crippen molar-refractivity contribution in [2.24, 2.45) is 0 Å². The molecule has 0 fully saturated rings. The van der Waals surface area contributed by atoms with Crippen LogP contribution in [0.4, 0.5) is 5.69 Å². The number of nitrogens with one attached hydrogen (secondary N) is 1. The molecule has 1 aliphatic heterocycles. The van der Waals surface area contributed by atoms with Crippen LogP contribution in [0, 0.1) is 0 Å². The number of benzene rings is 1. The molecule has 3 aromatic rings. The van der Waals surface area contributed by atoms with E-state index in [1.165, 1.54) is 17.7 Å². The molecule has 0 spiro atoms. The van der Waals surface area contributed by atoms with Crippen molar-refractivity contribution >= 4 is 28.4 Å². The van der Waals surface area contributed by atoms with Crippen molar-refractivity contribution < 1.29 is 0 Å². The molecule has 3 heterocycles. The zero-order valence-electron chi connectivity index (χ0n) is 10.7. The second-order valence-corrected chi connectivity index (χ2v) is 5.55. The molecule has 2 aromatic heterocycles. The second-order valence-electron chi connectivity index (χ2n) is 3.92. The van der Waals surface area contributed by atoms with Crippen LogP contribution in [0.3, 0.4) is 0 Å². The zero-order valence-corrected chi connectivity index (χ0v) is 12.3. The normalized spacial score (nSPS) is 11.2. The van der Waals surface area contributed by atoms with Gasteiger partial charge in [-0.3, -0.25) is 0 Å². The Hall–Kier alpha value is -1.58. The third-order valence-corrected chi connectivity index (χ3v) is 3.83. The minimum Gasteiger partial charge on any atom is -0.384 e. The minimum absolute atomic E-state index is 1.11. The molecule has 0 atom stereocenters. The molecule has 0 aliphatic carbocycles. The number of hydrogen-bond acceptors (Lipinski definition) is 3. The molecule has 4 rings (SSSR count). The predicted octanol–water partition coefficient (Wildman–Crippen LogP) is 5.15. The summed E-state index contributed by atoms with van der Waals surface area (Å²) in [6.45, 7) is 1.11. The Kier molecular flexibility index (Phi) is 6.20. The third kappa shape index (κ3) is 5.28. The molecule has 1 aromatic carbocycles. The summed E-state index contributed by atoms with van der Waals surface area (Å²) in [5.41, 5.74) is 2.77. The van der Waals surface area contributed by atoms with E-state index < -0.39 is 0 Å². The van der Waals surface area contributed by atoms with E-state index in [4.69, 9.17) is 0 Å². The van der Waals surface area contributed by atoms with Gasteiger partial charge in [-0.1, -0.05) is 42.5 Å². The van der Waals surface area contributed by atoms with Crippen molar-refractivity contribution in [1.82, 2.24) is 0 Å². The van der Waals surface area contributed by atoms with Gasteiger partial charge in [0.05, 0.1) is 0 Å². The Labute approximate surface area is 122 Å². The summed E-state index contributed by atoms with van der Waals surface area (Å²) in [5.74, 6) is 0. The first-order valence-electron chi connectivity index (χ1n) is 6.23. The van der Waals surface area contributed by atoms with Crippen molar-refractivity contribution in [3.05, 3.63) is 75.6 Å². The Morgan fingerprint density at radius 3 is 1.79 bits per heavy atom. The van der Waals surface area contributed by atoms with Gasteiger partial charge in [0.1, 0.15) is 0 Å². The molecule has 1 aliphatic rings. The Balaban J connectivity index is 0.000000114. The maximum atomic E-state index is 3.30.